The fourth-order valence-electron chi connectivity index (χ4n) is 3.31. The number of aryl methyl sites for hydroxylation is 1. The van der Waals surface area contributed by atoms with Crippen molar-refractivity contribution in [3.05, 3.63) is 59.7 Å². The van der Waals surface area contributed by atoms with Gasteiger partial charge in [0.2, 0.25) is 0 Å². The van der Waals surface area contributed by atoms with Crippen LogP contribution in [0, 0.1) is 6.92 Å². The monoisotopic (exact) mass is 337 g/mol. The van der Waals surface area contributed by atoms with E-state index < -0.39 is 0 Å². The van der Waals surface area contributed by atoms with Gasteiger partial charge in [0.15, 0.2) is 5.76 Å². The summed E-state index contributed by atoms with van der Waals surface area (Å²) in [4.78, 5) is 9.16. The minimum Gasteiger partial charge on any atom is -0.460 e. The molecule has 0 aromatic carbocycles. The van der Waals surface area contributed by atoms with E-state index >= 15 is 0 Å². The van der Waals surface area contributed by atoms with E-state index in [0.717, 1.165) is 56.5 Å². The van der Waals surface area contributed by atoms with Crippen molar-refractivity contribution in [1.82, 2.24) is 25.0 Å². The third-order valence-corrected chi connectivity index (χ3v) is 4.69. The molecule has 25 heavy (non-hydrogen) atoms. The van der Waals surface area contributed by atoms with Gasteiger partial charge in [-0.2, -0.15) is 5.10 Å². The zero-order chi connectivity index (χ0) is 17.1. The van der Waals surface area contributed by atoms with Crippen LogP contribution in [0.2, 0.25) is 0 Å². The Morgan fingerprint density at radius 2 is 1.84 bits per heavy atom. The largest absolute Gasteiger partial charge is 0.460 e. The van der Waals surface area contributed by atoms with Crippen LogP contribution in [0.25, 0.3) is 11.5 Å². The summed E-state index contributed by atoms with van der Waals surface area (Å²) in [6.07, 6.45) is 5.69. The van der Waals surface area contributed by atoms with Gasteiger partial charge in [-0.3, -0.25) is 19.9 Å². The predicted molar refractivity (Wildman–Crippen MR) is 95.8 cm³/mol. The maximum Gasteiger partial charge on any atom is 0.152 e. The number of hydrogen-bond donors (Lipinski definition) is 1. The van der Waals surface area contributed by atoms with Gasteiger partial charge in [0.05, 0.1) is 6.20 Å². The first kappa shape index (κ1) is 16.1. The van der Waals surface area contributed by atoms with Gasteiger partial charge < -0.3 is 4.42 Å². The van der Waals surface area contributed by atoms with Crippen LogP contribution in [0.5, 0.6) is 0 Å². The summed E-state index contributed by atoms with van der Waals surface area (Å²) in [5.41, 5.74) is 3.46. The van der Waals surface area contributed by atoms with Crippen LogP contribution in [0.4, 0.5) is 0 Å². The molecule has 130 valence electrons. The number of furan rings is 1. The molecule has 1 aliphatic rings. The van der Waals surface area contributed by atoms with Crippen molar-refractivity contribution >= 4 is 0 Å². The van der Waals surface area contributed by atoms with Crippen LogP contribution >= 0.6 is 0 Å². The minimum absolute atomic E-state index is 0.861. The Kier molecular flexibility index (Phi) is 4.63. The topological polar surface area (TPSA) is 61.2 Å². The lowest BCUT2D eigenvalue weighted by atomic mass is 10.1. The van der Waals surface area contributed by atoms with Crippen LogP contribution in [-0.2, 0) is 13.1 Å². The molecule has 0 amide bonds. The normalized spacial score (nSPS) is 16.4. The molecule has 0 bridgehead atoms. The molecule has 0 unspecified atom stereocenters. The second-order valence-electron chi connectivity index (χ2n) is 6.59. The van der Waals surface area contributed by atoms with Gasteiger partial charge in [0.25, 0.3) is 0 Å². The lowest BCUT2D eigenvalue weighted by molar-refractivity contribution is 0.122. The molecule has 1 aliphatic heterocycles. The van der Waals surface area contributed by atoms with Crippen molar-refractivity contribution in [2.24, 2.45) is 0 Å². The number of aromatic nitrogens is 3. The second kappa shape index (κ2) is 7.21. The Morgan fingerprint density at radius 3 is 2.52 bits per heavy atom. The fraction of sp³-hybridized carbons (Fsp3) is 0.368. The van der Waals surface area contributed by atoms with Gasteiger partial charge in [-0.1, -0.05) is 6.07 Å². The smallest absolute Gasteiger partial charge is 0.152 e. The highest BCUT2D eigenvalue weighted by Gasteiger charge is 2.20. The number of aromatic amines is 1. The Bertz CT molecular complexity index is 802. The summed E-state index contributed by atoms with van der Waals surface area (Å²) in [5.74, 6) is 1.78. The quantitative estimate of drug-likeness (QED) is 0.776. The average Bonchev–Trinajstić information content (AvgIpc) is 3.26. The first-order valence-electron chi connectivity index (χ1n) is 8.70. The lowest BCUT2D eigenvalue weighted by Gasteiger charge is -2.34. The molecule has 0 spiro atoms. The molecule has 6 nitrogen and oxygen atoms in total. The maximum atomic E-state index is 5.74. The first-order chi connectivity index (χ1) is 12.3. The Morgan fingerprint density at radius 1 is 1.04 bits per heavy atom. The van der Waals surface area contributed by atoms with Crippen molar-refractivity contribution in [3.8, 4) is 11.5 Å². The molecule has 1 fully saturated rings. The third kappa shape index (κ3) is 3.81. The lowest BCUT2D eigenvalue weighted by Crippen LogP contribution is -2.45. The van der Waals surface area contributed by atoms with Crippen molar-refractivity contribution in [2.75, 3.05) is 26.2 Å². The molecule has 0 atom stereocenters. The number of nitrogens with zero attached hydrogens (tertiary/aromatic N) is 4. The highest BCUT2D eigenvalue weighted by atomic mass is 16.3. The van der Waals surface area contributed by atoms with Crippen LogP contribution < -0.4 is 0 Å². The third-order valence-electron chi connectivity index (χ3n) is 4.69. The van der Waals surface area contributed by atoms with E-state index in [1.807, 2.05) is 43.7 Å². The van der Waals surface area contributed by atoms with Crippen LogP contribution in [0.1, 0.15) is 16.9 Å². The summed E-state index contributed by atoms with van der Waals surface area (Å²) in [6, 6.07) is 8.13. The highest BCUT2D eigenvalue weighted by Crippen LogP contribution is 2.24. The Labute approximate surface area is 147 Å². The number of H-pyrrole nitrogens is 1. The summed E-state index contributed by atoms with van der Waals surface area (Å²) in [5, 5.41) is 7.29. The molecule has 1 N–H and O–H groups in total. The molecule has 0 aliphatic carbocycles. The standard InChI is InChI=1S/C19H23N5O/c1-15-4-5-18(25-15)19-17(12-21-22-19)14-24-9-7-23(8-10-24)13-16-3-2-6-20-11-16/h2-6,11-12H,7-10,13-14H2,1H3,(H,21,22). The first-order valence-corrected chi connectivity index (χ1v) is 8.70. The van der Waals surface area contributed by atoms with Crippen LogP contribution in [-0.4, -0.2) is 51.2 Å². The molecule has 1 saturated heterocycles. The van der Waals surface area contributed by atoms with Crippen molar-refractivity contribution in [1.29, 1.82) is 0 Å². The van der Waals surface area contributed by atoms with Gasteiger partial charge >= 0.3 is 0 Å². The number of pyridine rings is 1. The van der Waals surface area contributed by atoms with Gasteiger partial charge in [-0.15, -0.1) is 0 Å². The van der Waals surface area contributed by atoms with Crippen molar-refractivity contribution in [3.63, 3.8) is 0 Å². The molecule has 6 heteroatoms. The van der Waals surface area contributed by atoms with E-state index in [9.17, 15) is 0 Å². The number of hydrogen-bond acceptors (Lipinski definition) is 5. The SMILES string of the molecule is Cc1ccc(-c2[nH]ncc2CN2CCN(Cc3cccnc3)CC2)o1. The second-order valence-corrected chi connectivity index (χ2v) is 6.59. The molecule has 3 aromatic rings. The van der Waals surface area contributed by atoms with Gasteiger partial charge in [-0.05, 0) is 30.7 Å². The summed E-state index contributed by atoms with van der Waals surface area (Å²) in [6.45, 7) is 8.09. The zero-order valence-corrected chi connectivity index (χ0v) is 14.5. The fourth-order valence-corrected chi connectivity index (χ4v) is 3.31. The van der Waals surface area contributed by atoms with Crippen LogP contribution in [0.15, 0.2) is 47.3 Å². The molecular formula is C19H23N5O. The number of nitrogens with one attached hydrogen (secondary N) is 1. The Hall–Kier alpha value is -2.44. The molecule has 4 rings (SSSR count). The van der Waals surface area contributed by atoms with E-state index in [0.29, 0.717) is 0 Å². The molecule has 0 radical (unpaired) electrons. The van der Waals surface area contributed by atoms with E-state index in [1.165, 1.54) is 11.1 Å². The predicted octanol–water partition coefficient (Wildman–Crippen LogP) is 2.69. The molecule has 0 saturated carbocycles. The zero-order valence-electron chi connectivity index (χ0n) is 14.5. The Balaban J connectivity index is 1.34. The van der Waals surface area contributed by atoms with Crippen molar-refractivity contribution in [2.45, 2.75) is 20.0 Å². The van der Waals surface area contributed by atoms with E-state index in [-0.39, 0.29) is 0 Å². The van der Waals surface area contributed by atoms with Gasteiger partial charge in [-0.25, -0.2) is 0 Å². The summed E-state index contributed by atoms with van der Waals surface area (Å²) in [7, 11) is 0. The molecular weight excluding hydrogens is 314 g/mol. The minimum atomic E-state index is 0.861. The maximum absolute atomic E-state index is 5.74. The number of piperazine rings is 1. The molecule has 4 heterocycles. The summed E-state index contributed by atoms with van der Waals surface area (Å²) >= 11 is 0. The van der Waals surface area contributed by atoms with E-state index in [2.05, 4.69) is 31.0 Å². The highest BCUT2D eigenvalue weighted by molar-refractivity contribution is 5.56. The summed E-state index contributed by atoms with van der Waals surface area (Å²) < 4.78 is 5.74. The van der Waals surface area contributed by atoms with Crippen molar-refractivity contribution < 1.29 is 4.42 Å². The van der Waals surface area contributed by atoms with Gasteiger partial charge in [0, 0.05) is 57.2 Å². The van der Waals surface area contributed by atoms with E-state index in [1.54, 1.807) is 0 Å². The number of rotatable bonds is 5. The van der Waals surface area contributed by atoms with E-state index in [4.69, 9.17) is 4.42 Å². The molecule has 3 aromatic heterocycles. The average molecular weight is 337 g/mol. The van der Waals surface area contributed by atoms with Gasteiger partial charge in [0.1, 0.15) is 11.5 Å². The van der Waals surface area contributed by atoms with Crippen LogP contribution in [0.3, 0.4) is 0 Å².